The smallest absolute Gasteiger partial charge is 0.355 e. The molecule has 1 aliphatic heterocycles. The average molecular weight is 569 g/mol. The van der Waals surface area contributed by atoms with Crippen molar-refractivity contribution >= 4 is 17.6 Å². The maximum Gasteiger partial charge on any atom is 0.393 e. The van der Waals surface area contributed by atoms with Gasteiger partial charge in [0.2, 0.25) is 11.8 Å². The minimum absolute atomic E-state index is 0.0479. The molecule has 0 bridgehead atoms. The molecule has 0 spiro atoms. The zero-order valence-corrected chi connectivity index (χ0v) is 21.7. The molecule has 2 amide bonds. The molecule has 40 heavy (non-hydrogen) atoms. The summed E-state index contributed by atoms with van der Waals surface area (Å²) in [5.41, 5.74) is 0.985. The number of nitrogens with zero attached hydrogens (tertiary/aromatic N) is 6. The van der Waals surface area contributed by atoms with E-state index in [1.165, 1.54) is 27.8 Å². The molecule has 0 radical (unpaired) electrons. The molecule has 1 saturated carbocycles. The van der Waals surface area contributed by atoms with E-state index in [2.05, 4.69) is 30.8 Å². The summed E-state index contributed by atoms with van der Waals surface area (Å²) < 4.78 is 70.3. The van der Waals surface area contributed by atoms with Gasteiger partial charge in [0, 0.05) is 44.5 Å². The second-order valence-corrected chi connectivity index (χ2v) is 10.5. The van der Waals surface area contributed by atoms with E-state index in [1.54, 1.807) is 6.07 Å². The van der Waals surface area contributed by atoms with E-state index in [0.717, 1.165) is 0 Å². The van der Waals surface area contributed by atoms with Gasteiger partial charge in [0.1, 0.15) is 5.69 Å². The van der Waals surface area contributed by atoms with E-state index in [1.807, 2.05) is 6.92 Å². The molecule has 0 unspecified atom stereocenters. The van der Waals surface area contributed by atoms with Gasteiger partial charge in [0.25, 0.3) is 11.7 Å². The maximum atomic E-state index is 13.9. The van der Waals surface area contributed by atoms with Gasteiger partial charge in [0.05, 0.1) is 35.7 Å². The van der Waals surface area contributed by atoms with Crippen LogP contribution in [0.2, 0.25) is 0 Å². The second kappa shape index (κ2) is 10.7. The zero-order chi connectivity index (χ0) is 28.7. The Morgan fingerprint density at radius 3 is 2.73 bits per heavy atom. The van der Waals surface area contributed by atoms with Gasteiger partial charge in [-0.15, -0.1) is 0 Å². The van der Waals surface area contributed by atoms with Crippen molar-refractivity contribution in [2.24, 2.45) is 17.8 Å². The summed E-state index contributed by atoms with van der Waals surface area (Å²) >= 11 is 0. The number of alkyl halides is 5. The number of imidazole rings is 1. The van der Waals surface area contributed by atoms with Gasteiger partial charge in [-0.3, -0.25) is 14.3 Å². The van der Waals surface area contributed by atoms with Crippen LogP contribution in [0.3, 0.4) is 0 Å². The van der Waals surface area contributed by atoms with Crippen LogP contribution in [-0.4, -0.2) is 59.8 Å². The van der Waals surface area contributed by atoms with Gasteiger partial charge in [-0.2, -0.15) is 23.4 Å². The lowest BCUT2D eigenvalue weighted by atomic mass is 9.81. The third-order valence-electron chi connectivity index (χ3n) is 7.72. The molecule has 2 N–H and O–H groups in total. The molecule has 4 heterocycles. The molecule has 10 nitrogen and oxygen atoms in total. The normalized spacial score (nSPS) is 22.7. The lowest BCUT2D eigenvalue weighted by Crippen LogP contribution is -2.47. The number of fused-ring (bicyclic) bond motifs is 1. The van der Waals surface area contributed by atoms with Gasteiger partial charge < -0.3 is 10.6 Å². The highest BCUT2D eigenvalue weighted by molar-refractivity contribution is 5.92. The van der Waals surface area contributed by atoms with Crippen LogP contribution in [0.25, 0.3) is 5.78 Å². The van der Waals surface area contributed by atoms with Crippen molar-refractivity contribution in [1.29, 1.82) is 0 Å². The Morgan fingerprint density at radius 2 is 2.02 bits per heavy atom. The Labute approximate surface area is 225 Å². The Balaban J connectivity index is 1.39. The van der Waals surface area contributed by atoms with E-state index < -0.39 is 48.3 Å². The number of rotatable bonds is 7. The number of hydrogen-bond acceptors (Lipinski definition) is 6. The predicted molar refractivity (Wildman–Crippen MR) is 130 cm³/mol. The monoisotopic (exact) mass is 568 g/mol. The van der Waals surface area contributed by atoms with Gasteiger partial charge in [-0.25, -0.2) is 23.3 Å². The van der Waals surface area contributed by atoms with Crippen molar-refractivity contribution < 1.29 is 31.5 Å². The summed E-state index contributed by atoms with van der Waals surface area (Å²) in [5.74, 6) is -6.38. The second-order valence-electron chi connectivity index (χ2n) is 10.5. The molecule has 216 valence electrons. The minimum atomic E-state index is -4.42. The number of hydrogen-bond donors (Lipinski definition) is 2. The van der Waals surface area contributed by atoms with Crippen LogP contribution >= 0.6 is 0 Å². The Kier molecular flexibility index (Phi) is 7.48. The first-order valence-corrected chi connectivity index (χ1v) is 13.2. The molecular weight excluding hydrogens is 539 g/mol. The van der Waals surface area contributed by atoms with Crippen LogP contribution in [0.5, 0.6) is 0 Å². The molecular formula is C25H29F5N8O2. The minimum Gasteiger partial charge on any atom is -0.355 e. The summed E-state index contributed by atoms with van der Waals surface area (Å²) in [6.45, 7) is 1.85. The van der Waals surface area contributed by atoms with Crippen LogP contribution < -0.4 is 10.6 Å². The first kappa shape index (κ1) is 27.9. The molecule has 5 rings (SSSR count). The van der Waals surface area contributed by atoms with Crippen molar-refractivity contribution in [3.05, 3.63) is 41.7 Å². The van der Waals surface area contributed by atoms with E-state index in [4.69, 9.17) is 0 Å². The maximum absolute atomic E-state index is 13.9. The van der Waals surface area contributed by atoms with Gasteiger partial charge in [-0.05, 0) is 38.2 Å². The quantitative estimate of drug-likeness (QED) is 0.422. The van der Waals surface area contributed by atoms with Crippen molar-refractivity contribution in [3.8, 4) is 0 Å². The number of carbonyl (C=O) groups is 2. The number of piperidine rings is 1. The van der Waals surface area contributed by atoms with Gasteiger partial charge in [0.15, 0.2) is 0 Å². The average Bonchev–Trinajstić information content (AvgIpc) is 3.55. The molecule has 1 aliphatic carbocycles. The lowest BCUT2D eigenvalue weighted by molar-refractivity contribution is -0.183. The van der Waals surface area contributed by atoms with E-state index >= 15 is 0 Å². The number of nitrogens with one attached hydrogen (secondary N) is 2. The van der Waals surface area contributed by atoms with Crippen molar-refractivity contribution in [2.75, 3.05) is 6.54 Å². The highest BCUT2D eigenvalue weighted by atomic mass is 19.4. The third-order valence-corrected chi connectivity index (χ3v) is 7.72. The summed E-state index contributed by atoms with van der Waals surface area (Å²) in [5, 5.41) is 13.8. The fourth-order valence-corrected chi connectivity index (χ4v) is 5.48. The molecule has 0 aromatic carbocycles. The molecule has 2 aliphatic rings. The van der Waals surface area contributed by atoms with Crippen LogP contribution in [0, 0.1) is 17.8 Å². The lowest BCUT2D eigenvalue weighted by Gasteiger charge is -2.33. The highest BCUT2D eigenvalue weighted by Gasteiger charge is 2.45. The van der Waals surface area contributed by atoms with Crippen LogP contribution in [0.4, 0.5) is 22.0 Å². The van der Waals surface area contributed by atoms with Gasteiger partial charge >= 0.3 is 6.18 Å². The van der Waals surface area contributed by atoms with E-state index in [0.29, 0.717) is 23.6 Å². The third kappa shape index (κ3) is 5.92. The SMILES string of the molecule is CCn1nccc1C(=O)N[C@H](c1cn2nc(C[C@H]3C[C@@H](C(F)(F)F)CNC3=O)cnc2n1)C1CCC(F)(F)CC1. The number of aromatic nitrogens is 6. The molecule has 3 atom stereocenters. The molecule has 15 heteroatoms. The largest absolute Gasteiger partial charge is 0.393 e. The molecule has 1 saturated heterocycles. The van der Waals surface area contributed by atoms with E-state index in [9.17, 15) is 31.5 Å². The number of aryl methyl sites for hydroxylation is 1. The Morgan fingerprint density at radius 1 is 1.27 bits per heavy atom. The number of carbonyl (C=O) groups excluding carboxylic acids is 2. The first-order valence-electron chi connectivity index (χ1n) is 13.2. The summed E-state index contributed by atoms with van der Waals surface area (Å²) in [7, 11) is 0. The van der Waals surface area contributed by atoms with Crippen molar-refractivity contribution in [2.45, 2.75) is 70.1 Å². The fraction of sp³-hybridized carbons (Fsp3) is 0.600. The molecule has 3 aromatic heterocycles. The predicted octanol–water partition coefficient (Wildman–Crippen LogP) is 3.49. The highest BCUT2D eigenvalue weighted by Crippen LogP contribution is 2.41. The van der Waals surface area contributed by atoms with Crippen LogP contribution in [-0.2, 0) is 17.8 Å². The molecule has 3 aromatic rings. The number of halogens is 5. The first-order chi connectivity index (χ1) is 18.9. The van der Waals surface area contributed by atoms with Crippen molar-refractivity contribution in [1.82, 2.24) is 40.0 Å². The van der Waals surface area contributed by atoms with E-state index in [-0.39, 0.29) is 50.2 Å². The summed E-state index contributed by atoms with van der Waals surface area (Å²) in [6, 6.07) is 0.849. The zero-order valence-electron chi connectivity index (χ0n) is 21.7. The molecule has 2 fully saturated rings. The standard InChI is InChI=1S/C25H29F5N8O2/c1-2-37-19(5-8-33-37)22(40)35-20(14-3-6-24(26,27)7-4-14)18-13-38-23(34-18)32-12-17(36-38)10-15-9-16(25(28,29)30)11-31-21(15)39/h5,8,12-16,20H,2-4,6-7,9-11H2,1H3,(H,31,39)(H,35,40)/t15-,16-,20+/m1/s1. The van der Waals surface area contributed by atoms with Crippen LogP contribution in [0.1, 0.15) is 66.9 Å². The van der Waals surface area contributed by atoms with Gasteiger partial charge in [-0.1, -0.05) is 0 Å². The topological polar surface area (TPSA) is 119 Å². The number of amides is 2. The summed E-state index contributed by atoms with van der Waals surface area (Å²) in [6.07, 6.45) is -0.723. The van der Waals surface area contributed by atoms with Crippen molar-refractivity contribution in [3.63, 3.8) is 0 Å². The fourth-order valence-electron chi connectivity index (χ4n) is 5.48. The Hall–Kier alpha value is -3.65. The summed E-state index contributed by atoms with van der Waals surface area (Å²) in [4.78, 5) is 34.1. The Bertz CT molecular complexity index is 1380. The van der Waals surface area contributed by atoms with Crippen LogP contribution in [0.15, 0.2) is 24.7 Å².